The Bertz CT molecular complexity index is 3450. The predicted octanol–water partition coefficient (Wildman–Crippen LogP) is 16.9. The Hall–Kier alpha value is -7.94. The van der Waals surface area contributed by atoms with Gasteiger partial charge < -0.3 is 10.2 Å². The first kappa shape index (κ1) is 39.4. The number of benzene rings is 9. The molecule has 2 heteroatoms. The van der Waals surface area contributed by atoms with Gasteiger partial charge in [0.15, 0.2) is 0 Å². The van der Waals surface area contributed by atoms with Gasteiger partial charge in [0.1, 0.15) is 0 Å². The topological polar surface area (TPSA) is 15.3 Å². The van der Waals surface area contributed by atoms with E-state index in [9.17, 15) is 0 Å². The predicted molar refractivity (Wildman–Crippen MR) is 280 cm³/mol. The molecule has 1 spiro atoms. The van der Waals surface area contributed by atoms with Crippen LogP contribution in [0.3, 0.4) is 0 Å². The molecule has 0 heterocycles. The molecule has 0 amide bonds. The van der Waals surface area contributed by atoms with Crippen molar-refractivity contribution in [3.63, 3.8) is 0 Å². The molecule has 0 aromatic heterocycles. The van der Waals surface area contributed by atoms with Crippen LogP contribution in [0.5, 0.6) is 0 Å². The third-order valence-electron chi connectivity index (χ3n) is 15.3. The van der Waals surface area contributed by atoms with Gasteiger partial charge >= 0.3 is 0 Å². The quantitative estimate of drug-likeness (QED) is 0.172. The summed E-state index contributed by atoms with van der Waals surface area (Å²) in [5.41, 5.74) is 25.9. The van der Waals surface area contributed by atoms with Gasteiger partial charge in [-0.05, 0) is 121 Å². The Morgan fingerprint density at radius 3 is 1.61 bits per heavy atom. The maximum atomic E-state index is 4.15. The number of hydrogen-bond donors (Lipinski definition) is 1. The van der Waals surface area contributed by atoms with E-state index in [-0.39, 0.29) is 11.3 Å². The van der Waals surface area contributed by atoms with E-state index < -0.39 is 5.41 Å². The lowest BCUT2D eigenvalue weighted by molar-refractivity contribution is 0.660. The van der Waals surface area contributed by atoms with Crippen LogP contribution in [-0.4, -0.2) is 0 Å². The highest BCUT2D eigenvalue weighted by atomic mass is 15.2. The molecule has 0 radical (unpaired) electrons. The minimum Gasteiger partial charge on any atom is -0.355 e. The summed E-state index contributed by atoms with van der Waals surface area (Å²) >= 11 is 0. The van der Waals surface area contributed by atoms with Crippen LogP contribution >= 0.6 is 0 Å². The fraction of sp³-hybridized carbons (Fsp3) is 0.108. The van der Waals surface area contributed by atoms with E-state index >= 15 is 0 Å². The van der Waals surface area contributed by atoms with E-state index in [0.29, 0.717) is 0 Å². The maximum Gasteiger partial charge on any atom is 0.0746 e. The van der Waals surface area contributed by atoms with E-state index in [4.69, 9.17) is 0 Å². The van der Waals surface area contributed by atoms with Crippen molar-refractivity contribution < 1.29 is 0 Å². The highest BCUT2D eigenvalue weighted by molar-refractivity contribution is 6.01. The summed E-state index contributed by atoms with van der Waals surface area (Å²) in [6.45, 7) is 7.16. The first-order valence-corrected chi connectivity index (χ1v) is 23.8. The minimum atomic E-state index is -0.515. The van der Waals surface area contributed by atoms with Gasteiger partial charge in [-0.25, -0.2) is 0 Å². The van der Waals surface area contributed by atoms with Crippen LogP contribution in [0, 0.1) is 5.92 Å². The fourth-order valence-electron chi connectivity index (χ4n) is 12.3. The second-order valence-corrected chi connectivity index (χ2v) is 19.3. The van der Waals surface area contributed by atoms with Crippen molar-refractivity contribution in [3.05, 3.63) is 269 Å². The zero-order valence-electron chi connectivity index (χ0n) is 38.1. The monoisotopic (exact) mass is 858 g/mol. The van der Waals surface area contributed by atoms with Crippen molar-refractivity contribution in [2.75, 3.05) is 10.2 Å². The number of fused-ring (bicyclic) bond motifs is 13. The summed E-state index contributed by atoms with van der Waals surface area (Å²) in [7, 11) is 0. The highest BCUT2D eigenvalue weighted by Crippen LogP contribution is 2.65. The molecule has 1 N–H and O–H groups in total. The second-order valence-electron chi connectivity index (χ2n) is 19.3. The smallest absolute Gasteiger partial charge is 0.0746 e. The van der Waals surface area contributed by atoms with Crippen LogP contribution in [0.1, 0.15) is 66.1 Å². The summed E-state index contributed by atoms with van der Waals surface area (Å²) in [6, 6.07) is 78.9. The largest absolute Gasteiger partial charge is 0.355 e. The Morgan fingerprint density at radius 1 is 0.463 bits per heavy atom. The zero-order chi connectivity index (χ0) is 44.9. The average molecular weight is 859 g/mol. The van der Waals surface area contributed by atoms with Gasteiger partial charge in [0.05, 0.1) is 16.8 Å². The Balaban J connectivity index is 1.06. The first-order valence-electron chi connectivity index (χ1n) is 23.8. The number of para-hydroxylation sites is 2. The van der Waals surface area contributed by atoms with Crippen molar-refractivity contribution in [2.24, 2.45) is 5.92 Å². The molecule has 67 heavy (non-hydrogen) atoms. The molecule has 1 unspecified atom stereocenters. The lowest BCUT2D eigenvalue weighted by Crippen LogP contribution is -2.27. The van der Waals surface area contributed by atoms with E-state index in [2.05, 4.69) is 255 Å². The molecule has 1 atom stereocenters. The highest BCUT2D eigenvalue weighted by Gasteiger charge is 2.53. The van der Waals surface area contributed by atoms with Gasteiger partial charge in [-0.15, -0.1) is 0 Å². The Labute approximate surface area is 394 Å². The van der Waals surface area contributed by atoms with Crippen LogP contribution < -0.4 is 10.2 Å². The number of rotatable bonds is 7. The van der Waals surface area contributed by atoms with Crippen LogP contribution in [0.2, 0.25) is 0 Å². The number of nitrogens with zero attached hydrogens (tertiary/aromatic N) is 1. The Kier molecular flexibility index (Phi) is 8.86. The van der Waals surface area contributed by atoms with Crippen LogP contribution in [0.15, 0.2) is 230 Å². The zero-order valence-corrected chi connectivity index (χ0v) is 38.1. The summed E-state index contributed by atoms with van der Waals surface area (Å²) in [4.78, 5) is 2.53. The minimum absolute atomic E-state index is 0.142. The maximum absolute atomic E-state index is 4.15. The van der Waals surface area contributed by atoms with Crippen molar-refractivity contribution in [1.29, 1.82) is 0 Å². The van der Waals surface area contributed by atoms with Gasteiger partial charge in [-0.3, -0.25) is 0 Å². The summed E-state index contributed by atoms with van der Waals surface area (Å²) in [6.07, 6.45) is 5.87. The number of anilines is 4. The van der Waals surface area contributed by atoms with Crippen LogP contribution in [-0.2, 0) is 10.8 Å². The van der Waals surface area contributed by atoms with Crippen LogP contribution in [0.4, 0.5) is 22.7 Å². The molecule has 0 fully saturated rings. The lowest BCUT2D eigenvalue weighted by atomic mass is 9.69. The molecule has 2 nitrogen and oxygen atoms in total. The first-order chi connectivity index (χ1) is 32.9. The fourth-order valence-corrected chi connectivity index (χ4v) is 12.3. The number of nitrogens with one attached hydrogen (secondary N) is 1. The molecule has 0 aliphatic heterocycles. The second kappa shape index (κ2) is 15.1. The standard InChI is InChI=1S/C65H50N2/c1-42-34-35-45(67(61-33-19-14-24-47(61)43-20-6-4-7-21-43)46-36-37-52-48-25-10-15-29-56(48)64(2,3)60(52)41-46)40-55(42)54-39-38-53-51-28-13-18-32-59(51)65(62(53)63(54)66-44-22-8-5-9-23-44)57-30-16-11-26-49(57)50-27-12-17-31-58(50)65/h4-33,35-42,66H,34H2,1-3H3. The summed E-state index contributed by atoms with van der Waals surface area (Å²) in [5, 5.41) is 4.15. The normalized spacial score (nSPS) is 16.2. The van der Waals surface area contributed by atoms with E-state index in [1.165, 1.54) is 100 Å². The molecule has 0 saturated heterocycles. The van der Waals surface area contributed by atoms with Crippen molar-refractivity contribution in [2.45, 2.75) is 38.0 Å². The van der Waals surface area contributed by atoms with Crippen molar-refractivity contribution >= 4 is 28.3 Å². The van der Waals surface area contributed by atoms with Crippen molar-refractivity contribution in [3.8, 4) is 44.5 Å². The SMILES string of the molecule is CC1CC=C(N(c2ccc3c(c2)C(C)(C)c2ccccc2-3)c2ccccc2-c2ccccc2)C=C1c1ccc2c(c1Nc1ccccc1)C1(c3ccccc3-c3ccccc31)c1ccccc1-2. The van der Waals surface area contributed by atoms with Gasteiger partial charge in [0.25, 0.3) is 0 Å². The van der Waals surface area contributed by atoms with Gasteiger partial charge in [0.2, 0.25) is 0 Å². The van der Waals surface area contributed by atoms with Gasteiger partial charge in [-0.1, -0.05) is 209 Å². The van der Waals surface area contributed by atoms with Gasteiger partial charge in [0, 0.05) is 39.2 Å². The molecule has 320 valence electrons. The number of allylic oxidation sites excluding steroid dienone is 3. The lowest BCUT2D eigenvalue weighted by Gasteiger charge is -2.35. The average Bonchev–Trinajstić information content (AvgIpc) is 3.94. The molecule has 13 rings (SSSR count). The molecule has 4 aliphatic rings. The number of hydrogen-bond acceptors (Lipinski definition) is 2. The third-order valence-corrected chi connectivity index (χ3v) is 15.3. The third kappa shape index (κ3) is 5.76. The van der Waals surface area contributed by atoms with Crippen molar-refractivity contribution in [1.82, 2.24) is 0 Å². The van der Waals surface area contributed by atoms with Gasteiger partial charge in [-0.2, -0.15) is 0 Å². The Morgan fingerprint density at radius 2 is 0.955 bits per heavy atom. The summed E-state index contributed by atoms with van der Waals surface area (Å²) in [5.74, 6) is 0.251. The molecule has 0 bridgehead atoms. The van der Waals surface area contributed by atoms with E-state index in [0.717, 1.165) is 23.5 Å². The molecule has 0 saturated carbocycles. The van der Waals surface area contributed by atoms with E-state index in [1.807, 2.05) is 0 Å². The van der Waals surface area contributed by atoms with E-state index in [1.54, 1.807) is 0 Å². The molecular formula is C65H50N2. The molecular weight excluding hydrogens is 809 g/mol. The molecule has 9 aromatic carbocycles. The summed E-state index contributed by atoms with van der Waals surface area (Å²) < 4.78 is 0. The van der Waals surface area contributed by atoms with Crippen LogP contribution in [0.25, 0.3) is 50.1 Å². The molecule has 4 aliphatic carbocycles. The molecule has 9 aromatic rings.